The number of aryl methyl sites for hydroxylation is 1. The molecule has 134 valence electrons. The molecule has 0 unspecified atom stereocenters. The number of pyridine rings is 1. The molecule has 0 saturated carbocycles. The molecule has 1 aliphatic carbocycles. The summed E-state index contributed by atoms with van der Waals surface area (Å²) in [6.45, 7) is 0. The molecule has 0 fully saturated rings. The van der Waals surface area contributed by atoms with Gasteiger partial charge in [-0.25, -0.2) is 9.78 Å². The van der Waals surface area contributed by atoms with Gasteiger partial charge in [-0.2, -0.15) is 13.2 Å². The Balaban J connectivity index is 1.70. The monoisotopic (exact) mass is 381 g/mol. The van der Waals surface area contributed by atoms with E-state index in [1.807, 2.05) is 0 Å². The molecule has 26 heavy (non-hydrogen) atoms. The molecule has 8 heteroatoms. The number of benzene rings is 1. The predicted molar refractivity (Wildman–Crippen MR) is 88.8 cm³/mol. The van der Waals surface area contributed by atoms with Crippen LogP contribution in [0.4, 0.5) is 13.2 Å². The highest BCUT2D eigenvalue weighted by Crippen LogP contribution is 2.36. The maximum absolute atomic E-state index is 12.7. The number of alkyl halides is 3. The van der Waals surface area contributed by atoms with Crippen molar-refractivity contribution in [3.8, 4) is 11.6 Å². The summed E-state index contributed by atoms with van der Waals surface area (Å²) in [5.74, 6) is 0.0929. The lowest BCUT2D eigenvalue weighted by Crippen LogP contribution is -2.07. The highest BCUT2D eigenvalue weighted by molar-refractivity contribution is 6.31. The molecule has 0 amide bonds. The van der Waals surface area contributed by atoms with E-state index in [1.54, 1.807) is 12.1 Å². The molecule has 3 aromatic rings. The highest BCUT2D eigenvalue weighted by atomic mass is 35.5. The van der Waals surface area contributed by atoms with Crippen LogP contribution in [0.1, 0.15) is 23.1 Å². The van der Waals surface area contributed by atoms with Crippen LogP contribution in [0, 0.1) is 0 Å². The average molecular weight is 382 g/mol. The summed E-state index contributed by atoms with van der Waals surface area (Å²) in [5.41, 5.74) is 0.714. The van der Waals surface area contributed by atoms with Crippen LogP contribution in [0.2, 0.25) is 5.02 Å². The number of halogens is 4. The van der Waals surface area contributed by atoms with Gasteiger partial charge >= 0.3 is 11.8 Å². The van der Waals surface area contributed by atoms with E-state index in [4.69, 9.17) is 20.8 Å². The lowest BCUT2D eigenvalue weighted by Gasteiger charge is -2.11. The third-order valence-electron chi connectivity index (χ3n) is 4.29. The minimum absolute atomic E-state index is 0.164. The van der Waals surface area contributed by atoms with Crippen LogP contribution in [0.5, 0.6) is 11.6 Å². The van der Waals surface area contributed by atoms with E-state index in [1.165, 1.54) is 6.07 Å². The van der Waals surface area contributed by atoms with E-state index < -0.39 is 11.7 Å². The molecule has 4 nitrogen and oxygen atoms in total. The van der Waals surface area contributed by atoms with Crippen molar-refractivity contribution in [3.63, 3.8) is 0 Å². The Morgan fingerprint density at radius 2 is 1.92 bits per heavy atom. The van der Waals surface area contributed by atoms with Crippen molar-refractivity contribution in [3.05, 3.63) is 62.6 Å². The number of nitrogens with zero attached hydrogens (tertiary/aromatic N) is 1. The van der Waals surface area contributed by atoms with Gasteiger partial charge in [0.15, 0.2) is 0 Å². The molecule has 0 saturated heterocycles. The number of ether oxygens (including phenoxy) is 1. The quantitative estimate of drug-likeness (QED) is 0.577. The number of rotatable bonds is 2. The second kappa shape index (κ2) is 6.02. The fourth-order valence-corrected chi connectivity index (χ4v) is 3.30. The van der Waals surface area contributed by atoms with Crippen molar-refractivity contribution in [2.45, 2.75) is 25.4 Å². The summed E-state index contributed by atoms with van der Waals surface area (Å²) in [5, 5.41) is 0.561. The van der Waals surface area contributed by atoms with Crippen LogP contribution < -0.4 is 10.4 Å². The van der Waals surface area contributed by atoms with Crippen LogP contribution in [-0.4, -0.2) is 4.98 Å². The second-order valence-electron chi connectivity index (χ2n) is 5.97. The number of hydrogen-bond donors (Lipinski definition) is 0. The van der Waals surface area contributed by atoms with Crippen molar-refractivity contribution >= 4 is 22.6 Å². The molecular formula is C18H11ClF3NO3. The molecule has 4 rings (SSSR count). The van der Waals surface area contributed by atoms with Gasteiger partial charge in [0.1, 0.15) is 16.4 Å². The first-order valence-electron chi connectivity index (χ1n) is 7.82. The Bertz CT molecular complexity index is 1080. The van der Waals surface area contributed by atoms with Gasteiger partial charge < -0.3 is 9.15 Å². The molecule has 0 N–H and O–H groups in total. The van der Waals surface area contributed by atoms with Crippen LogP contribution >= 0.6 is 11.6 Å². The molecule has 0 bridgehead atoms. The van der Waals surface area contributed by atoms with E-state index in [0.29, 0.717) is 23.8 Å². The molecule has 2 heterocycles. The van der Waals surface area contributed by atoms with Crippen molar-refractivity contribution < 1.29 is 22.3 Å². The molecule has 0 radical (unpaired) electrons. The number of hydrogen-bond acceptors (Lipinski definition) is 4. The average Bonchev–Trinajstić information content (AvgIpc) is 3.06. The van der Waals surface area contributed by atoms with Gasteiger partial charge in [-0.05, 0) is 43.0 Å². The first-order valence-corrected chi connectivity index (χ1v) is 8.20. The summed E-state index contributed by atoms with van der Waals surface area (Å²) in [6, 6.07) is 5.65. The zero-order valence-corrected chi connectivity index (χ0v) is 13.9. The zero-order chi connectivity index (χ0) is 18.5. The lowest BCUT2D eigenvalue weighted by molar-refractivity contribution is -0.137. The molecule has 1 aromatic carbocycles. The fourth-order valence-electron chi connectivity index (χ4n) is 3.09. The lowest BCUT2D eigenvalue weighted by atomic mass is 10.1. The summed E-state index contributed by atoms with van der Waals surface area (Å²) in [4.78, 5) is 15.7. The van der Waals surface area contributed by atoms with E-state index in [9.17, 15) is 18.0 Å². The molecule has 0 spiro atoms. The summed E-state index contributed by atoms with van der Waals surface area (Å²) in [6.07, 6.45) is -1.47. The predicted octanol–water partition coefficient (Wildman–Crippen LogP) is 5.14. The molecule has 1 aliphatic rings. The first kappa shape index (κ1) is 16.9. The van der Waals surface area contributed by atoms with Gasteiger partial charge in [0, 0.05) is 23.2 Å². The minimum Gasteiger partial charge on any atom is -0.437 e. The SMILES string of the molecule is O=c1oc2cc(Oc3ncc(C(F)(F)F)cc3Cl)ccc2c2c1CCC2. The van der Waals surface area contributed by atoms with Crippen LogP contribution in [0.15, 0.2) is 39.7 Å². The highest BCUT2D eigenvalue weighted by Gasteiger charge is 2.31. The van der Waals surface area contributed by atoms with Crippen molar-refractivity contribution in [2.24, 2.45) is 0 Å². The van der Waals surface area contributed by atoms with Gasteiger partial charge in [-0.15, -0.1) is 0 Å². The molecule has 2 aromatic heterocycles. The molecule has 0 aliphatic heterocycles. The van der Waals surface area contributed by atoms with E-state index in [-0.39, 0.29) is 22.3 Å². The third-order valence-corrected chi connectivity index (χ3v) is 4.57. The summed E-state index contributed by atoms with van der Waals surface area (Å²) < 4.78 is 48.8. The third kappa shape index (κ3) is 2.92. The summed E-state index contributed by atoms with van der Waals surface area (Å²) >= 11 is 5.84. The van der Waals surface area contributed by atoms with Crippen molar-refractivity contribution in [1.82, 2.24) is 4.98 Å². The van der Waals surface area contributed by atoms with E-state index in [2.05, 4.69) is 4.98 Å². The standard InChI is InChI=1S/C18H11ClF3NO3/c19-14-6-9(18(20,21)22)8-23-16(14)25-10-4-5-12-11-2-1-3-13(11)17(24)26-15(12)7-10/h4-8H,1-3H2. The number of aromatic nitrogens is 1. The smallest absolute Gasteiger partial charge is 0.417 e. The maximum atomic E-state index is 12.7. The second-order valence-corrected chi connectivity index (χ2v) is 6.38. The zero-order valence-electron chi connectivity index (χ0n) is 13.2. The summed E-state index contributed by atoms with van der Waals surface area (Å²) in [7, 11) is 0. The van der Waals surface area contributed by atoms with E-state index >= 15 is 0 Å². The minimum atomic E-state index is -4.54. The Labute approximate surface area is 150 Å². The first-order chi connectivity index (χ1) is 12.3. The van der Waals surface area contributed by atoms with Gasteiger partial charge in [0.2, 0.25) is 5.88 Å². The van der Waals surface area contributed by atoms with Crippen LogP contribution in [0.25, 0.3) is 11.0 Å². The Hall–Kier alpha value is -2.54. The maximum Gasteiger partial charge on any atom is 0.417 e. The van der Waals surface area contributed by atoms with E-state index in [0.717, 1.165) is 29.9 Å². The largest absolute Gasteiger partial charge is 0.437 e. The van der Waals surface area contributed by atoms with Crippen LogP contribution in [0.3, 0.4) is 0 Å². The Morgan fingerprint density at radius 1 is 1.15 bits per heavy atom. The Morgan fingerprint density at radius 3 is 2.65 bits per heavy atom. The van der Waals surface area contributed by atoms with Gasteiger partial charge in [0.25, 0.3) is 0 Å². The van der Waals surface area contributed by atoms with Gasteiger partial charge in [0.05, 0.1) is 5.56 Å². The van der Waals surface area contributed by atoms with Gasteiger partial charge in [-0.1, -0.05) is 11.6 Å². The van der Waals surface area contributed by atoms with Crippen LogP contribution in [-0.2, 0) is 19.0 Å². The van der Waals surface area contributed by atoms with Gasteiger partial charge in [-0.3, -0.25) is 0 Å². The van der Waals surface area contributed by atoms with Crippen molar-refractivity contribution in [1.29, 1.82) is 0 Å². The fraction of sp³-hybridized carbons (Fsp3) is 0.222. The molecule has 0 atom stereocenters. The Kier molecular flexibility index (Phi) is 3.91. The molecular weight excluding hydrogens is 371 g/mol. The number of fused-ring (bicyclic) bond motifs is 3. The topological polar surface area (TPSA) is 52.3 Å². The van der Waals surface area contributed by atoms with Crippen molar-refractivity contribution in [2.75, 3.05) is 0 Å². The normalized spacial score (nSPS) is 13.8.